The highest BCUT2D eigenvalue weighted by molar-refractivity contribution is 7.90. The van der Waals surface area contributed by atoms with E-state index in [1.165, 1.54) is 25.4 Å². The maximum absolute atomic E-state index is 12.0. The number of imidazole rings is 1. The number of nitrogens with zero attached hydrogens (tertiary/aromatic N) is 2. The summed E-state index contributed by atoms with van der Waals surface area (Å²) in [4.78, 5) is 16.2. The third-order valence-corrected chi connectivity index (χ3v) is 5.13. The van der Waals surface area contributed by atoms with Crippen molar-refractivity contribution >= 4 is 32.1 Å². The van der Waals surface area contributed by atoms with E-state index in [0.717, 1.165) is 4.96 Å². The maximum atomic E-state index is 12.0. The lowest BCUT2D eigenvalue weighted by atomic mass is 10.2. The van der Waals surface area contributed by atoms with Crippen LogP contribution in [0.1, 0.15) is 12.6 Å². The standard InChI is InChI=1S/C11H14N2O4S2/c1-8(10(14)17-2)6-19(15,16)7-9-5-13-3-4-18-11(13)12-9/h3-5,8H,6-7H2,1-2H3. The van der Waals surface area contributed by atoms with Gasteiger partial charge in [0.05, 0.1) is 30.2 Å². The van der Waals surface area contributed by atoms with Gasteiger partial charge in [0.2, 0.25) is 0 Å². The van der Waals surface area contributed by atoms with Gasteiger partial charge in [0, 0.05) is 17.8 Å². The summed E-state index contributed by atoms with van der Waals surface area (Å²) in [5.41, 5.74) is 0.490. The molecule has 0 bridgehead atoms. The summed E-state index contributed by atoms with van der Waals surface area (Å²) >= 11 is 1.44. The third kappa shape index (κ3) is 3.32. The molecule has 2 rings (SSSR count). The van der Waals surface area contributed by atoms with Crippen LogP contribution in [-0.2, 0) is 25.1 Å². The van der Waals surface area contributed by atoms with Gasteiger partial charge in [-0.05, 0) is 0 Å². The van der Waals surface area contributed by atoms with Crippen molar-refractivity contribution in [3.05, 3.63) is 23.5 Å². The molecule has 0 aliphatic rings. The Balaban J connectivity index is 2.08. The van der Waals surface area contributed by atoms with Gasteiger partial charge < -0.3 is 4.74 Å². The Labute approximate surface area is 114 Å². The molecule has 0 saturated carbocycles. The molecule has 2 aromatic rings. The zero-order valence-electron chi connectivity index (χ0n) is 10.6. The number of esters is 1. The number of methoxy groups -OCH3 is 1. The quantitative estimate of drug-likeness (QED) is 0.773. The van der Waals surface area contributed by atoms with Crippen LogP contribution in [0.4, 0.5) is 0 Å². The number of sulfone groups is 1. The Morgan fingerprint density at radius 1 is 1.58 bits per heavy atom. The number of thiazole rings is 1. The topological polar surface area (TPSA) is 77.7 Å². The summed E-state index contributed by atoms with van der Waals surface area (Å²) in [5.74, 6) is -1.58. The molecular formula is C11H14N2O4S2. The van der Waals surface area contributed by atoms with Crippen molar-refractivity contribution in [2.45, 2.75) is 12.7 Å². The molecule has 0 aliphatic heterocycles. The van der Waals surface area contributed by atoms with E-state index in [9.17, 15) is 13.2 Å². The molecule has 1 unspecified atom stereocenters. The highest BCUT2D eigenvalue weighted by atomic mass is 32.2. The Hall–Kier alpha value is -1.41. The monoisotopic (exact) mass is 302 g/mol. The summed E-state index contributed by atoms with van der Waals surface area (Å²) in [6.07, 6.45) is 3.51. The van der Waals surface area contributed by atoms with E-state index in [4.69, 9.17) is 0 Å². The van der Waals surface area contributed by atoms with Crippen LogP contribution < -0.4 is 0 Å². The van der Waals surface area contributed by atoms with E-state index in [1.807, 2.05) is 11.6 Å². The second kappa shape index (κ2) is 5.30. The van der Waals surface area contributed by atoms with Crippen molar-refractivity contribution in [3.8, 4) is 0 Å². The van der Waals surface area contributed by atoms with E-state index in [-0.39, 0.29) is 11.5 Å². The number of hydrogen-bond donors (Lipinski definition) is 0. The first-order chi connectivity index (χ1) is 8.91. The van der Waals surface area contributed by atoms with Gasteiger partial charge >= 0.3 is 5.97 Å². The Kier molecular flexibility index (Phi) is 3.91. The number of fused-ring (bicyclic) bond motifs is 1. The zero-order valence-corrected chi connectivity index (χ0v) is 12.2. The van der Waals surface area contributed by atoms with Gasteiger partial charge in [-0.25, -0.2) is 13.4 Å². The van der Waals surface area contributed by atoms with Gasteiger partial charge in [-0.2, -0.15) is 0 Å². The molecule has 2 aromatic heterocycles. The van der Waals surface area contributed by atoms with Gasteiger partial charge in [-0.1, -0.05) is 6.92 Å². The smallest absolute Gasteiger partial charge is 0.309 e. The third-order valence-electron chi connectivity index (χ3n) is 2.62. The fraction of sp³-hybridized carbons (Fsp3) is 0.455. The highest BCUT2D eigenvalue weighted by Crippen LogP contribution is 2.15. The molecule has 8 heteroatoms. The fourth-order valence-corrected chi connectivity index (χ4v) is 4.10. The number of rotatable bonds is 5. The van der Waals surface area contributed by atoms with Gasteiger partial charge in [0.1, 0.15) is 0 Å². The number of ether oxygens (including phenoxy) is 1. The minimum Gasteiger partial charge on any atom is -0.469 e. The lowest BCUT2D eigenvalue weighted by molar-refractivity contribution is -0.144. The molecule has 104 valence electrons. The van der Waals surface area contributed by atoms with Crippen LogP contribution in [0, 0.1) is 5.92 Å². The predicted molar refractivity (Wildman–Crippen MR) is 71.7 cm³/mol. The molecule has 6 nitrogen and oxygen atoms in total. The second-order valence-electron chi connectivity index (χ2n) is 4.30. The molecule has 1 atom stereocenters. The average Bonchev–Trinajstić information content (AvgIpc) is 2.86. The Bertz CT molecular complexity index is 658. The number of hydrogen-bond acceptors (Lipinski definition) is 6. The van der Waals surface area contributed by atoms with Gasteiger partial charge in [-0.3, -0.25) is 9.20 Å². The first-order valence-electron chi connectivity index (χ1n) is 5.60. The van der Waals surface area contributed by atoms with E-state index in [2.05, 4.69) is 9.72 Å². The van der Waals surface area contributed by atoms with Crippen molar-refractivity contribution in [1.82, 2.24) is 9.38 Å². The van der Waals surface area contributed by atoms with Crippen molar-refractivity contribution in [2.75, 3.05) is 12.9 Å². The van der Waals surface area contributed by atoms with Gasteiger partial charge in [0.25, 0.3) is 0 Å². The molecule has 0 spiro atoms. The maximum Gasteiger partial charge on any atom is 0.309 e. The van der Waals surface area contributed by atoms with E-state index in [1.54, 1.807) is 10.6 Å². The SMILES string of the molecule is COC(=O)C(C)CS(=O)(=O)Cc1cn2ccsc2n1. The van der Waals surface area contributed by atoms with Crippen molar-refractivity contribution in [3.63, 3.8) is 0 Å². The summed E-state index contributed by atoms with van der Waals surface area (Å²) in [6, 6.07) is 0. The second-order valence-corrected chi connectivity index (χ2v) is 7.29. The lowest BCUT2D eigenvalue weighted by Gasteiger charge is -2.08. The van der Waals surface area contributed by atoms with Crippen LogP contribution in [0.2, 0.25) is 0 Å². The molecule has 0 amide bonds. The summed E-state index contributed by atoms with van der Waals surface area (Å²) in [5, 5.41) is 1.87. The van der Waals surface area contributed by atoms with Crippen LogP contribution in [0.15, 0.2) is 17.8 Å². The number of aromatic nitrogens is 2. The van der Waals surface area contributed by atoms with Gasteiger partial charge in [0.15, 0.2) is 14.8 Å². The zero-order chi connectivity index (χ0) is 14.0. The van der Waals surface area contributed by atoms with Gasteiger partial charge in [-0.15, -0.1) is 11.3 Å². The largest absolute Gasteiger partial charge is 0.469 e. The van der Waals surface area contributed by atoms with Crippen LogP contribution in [0.5, 0.6) is 0 Å². The first-order valence-corrected chi connectivity index (χ1v) is 8.31. The molecule has 0 fully saturated rings. The summed E-state index contributed by atoms with van der Waals surface area (Å²) < 4.78 is 30.3. The molecule has 0 radical (unpaired) electrons. The molecule has 0 aliphatic carbocycles. The highest BCUT2D eigenvalue weighted by Gasteiger charge is 2.23. The number of carbonyl (C=O) groups is 1. The minimum absolute atomic E-state index is 0.164. The minimum atomic E-state index is -3.39. The average molecular weight is 302 g/mol. The first kappa shape index (κ1) is 14.0. The van der Waals surface area contributed by atoms with Crippen LogP contribution in [0.25, 0.3) is 4.96 Å². The number of carbonyl (C=O) groups excluding carboxylic acids is 1. The molecule has 2 heterocycles. The Morgan fingerprint density at radius 2 is 2.32 bits per heavy atom. The molecule has 0 N–H and O–H groups in total. The van der Waals surface area contributed by atoms with Crippen molar-refractivity contribution in [2.24, 2.45) is 5.92 Å². The summed E-state index contributed by atoms with van der Waals surface area (Å²) in [6.45, 7) is 1.54. The summed E-state index contributed by atoms with van der Waals surface area (Å²) in [7, 11) is -2.14. The van der Waals surface area contributed by atoms with Crippen LogP contribution in [-0.4, -0.2) is 36.6 Å². The van der Waals surface area contributed by atoms with E-state index in [0.29, 0.717) is 5.69 Å². The lowest BCUT2D eigenvalue weighted by Crippen LogP contribution is -2.23. The molecule has 0 aromatic carbocycles. The van der Waals surface area contributed by atoms with Crippen molar-refractivity contribution < 1.29 is 17.9 Å². The normalized spacial score (nSPS) is 13.6. The van der Waals surface area contributed by atoms with Crippen LogP contribution >= 0.6 is 11.3 Å². The van der Waals surface area contributed by atoms with E-state index >= 15 is 0 Å². The van der Waals surface area contributed by atoms with E-state index < -0.39 is 21.7 Å². The van der Waals surface area contributed by atoms with Crippen LogP contribution in [0.3, 0.4) is 0 Å². The Morgan fingerprint density at radius 3 is 2.95 bits per heavy atom. The fourth-order valence-electron chi connectivity index (χ4n) is 1.78. The predicted octanol–water partition coefficient (Wildman–Crippen LogP) is 1.12. The molecule has 19 heavy (non-hydrogen) atoms. The molecular weight excluding hydrogens is 288 g/mol. The van der Waals surface area contributed by atoms with Crippen molar-refractivity contribution in [1.29, 1.82) is 0 Å². The molecule has 0 saturated heterocycles.